The predicted octanol–water partition coefficient (Wildman–Crippen LogP) is 3.83. The Morgan fingerprint density at radius 3 is 2.80 bits per heavy atom. The van der Waals surface area contributed by atoms with E-state index in [9.17, 15) is 4.39 Å². The van der Waals surface area contributed by atoms with Crippen LogP contribution in [0.2, 0.25) is 5.02 Å². The van der Waals surface area contributed by atoms with E-state index in [1.165, 1.54) is 11.4 Å². The number of hydrogen-bond donors (Lipinski definition) is 2. The Bertz CT molecular complexity index is 905. The molecule has 25 heavy (non-hydrogen) atoms. The molecule has 1 aliphatic carbocycles. The number of fused-ring (bicyclic) bond motifs is 1. The Hall–Kier alpha value is -2.25. The Morgan fingerprint density at radius 2 is 2.00 bits per heavy atom. The zero-order chi connectivity index (χ0) is 17.4. The molecule has 1 fully saturated rings. The minimum atomic E-state index is -0.521. The number of halogens is 2. The summed E-state index contributed by atoms with van der Waals surface area (Å²) in [5.74, 6) is 6.18. The van der Waals surface area contributed by atoms with Gasteiger partial charge >= 0.3 is 0 Å². The Morgan fingerprint density at radius 1 is 1.20 bits per heavy atom. The molecule has 1 aliphatic rings. The average Bonchev–Trinajstić information content (AvgIpc) is 3.05. The van der Waals surface area contributed by atoms with E-state index in [0.717, 1.165) is 37.3 Å². The molecule has 0 saturated heterocycles. The molecular weight excluding hydrogens is 343 g/mol. The number of pyridine rings is 1. The van der Waals surface area contributed by atoms with E-state index in [1.54, 1.807) is 18.5 Å². The average molecular weight is 361 g/mol. The molecule has 0 spiro atoms. The van der Waals surface area contributed by atoms with Crippen molar-refractivity contribution in [1.29, 1.82) is 0 Å². The van der Waals surface area contributed by atoms with Gasteiger partial charge in [-0.05, 0) is 18.9 Å². The summed E-state index contributed by atoms with van der Waals surface area (Å²) in [6, 6.07) is 1.88. The van der Waals surface area contributed by atoms with Gasteiger partial charge in [-0.2, -0.15) is 0 Å². The number of rotatable bonds is 3. The molecule has 0 aromatic carbocycles. The number of hydrazine groups is 1. The molecule has 0 bridgehead atoms. The highest BCUT2D eigenvalue weighted by Crippen LogP contribution is 2.30. The standard InChI is InChI=1S/C17H18ClFN6/c18-10-6-12-13(8-22-15(12)21-7-10)16-23-9-14(19)17(24-16)25(20)11-4-2-1-3-5-11/h6-9,11H,1-5,20H2,(H,21,22). The molecule has 0 atom stereocenters. The van der Waals surface area contributed by atoms with Crippen molar-refractivity contribution in [1.82, 2.24) is 19.9 Å². The summed E-state index contributed by atoms with van der Waals surface area (Å²) in [5.41, 5.74) is 1.38. The molecule has 8 heteroatoms. The molecule has 1 saturated carbocycles. The number of nitrogens with one attached hydrogen (secondary N) is 1. The minimum Gasteiger partial charge on any atom is -0.345 e. The molecule has 3 aromatic heterocycles. The van der Waals surface area contributed by atoms with Gasteiger partial charge in [-0.1, -0.05) is 30.9 Å². The van der Waals surface area contributed by atoms with Gasteiger partial charge < -0.3 is 4.98 Å². The summed E-state index contributed by atoms with van der Waals surface area (Å²) in [4.78, 5) is 15.8. The van der Waals surface area contributed by atoms with Crippen molar-refractivity contribution >= 4 is 28.5 Å². The molecule has 3 aromatic rings. The van der Waals surface area contributed by atoms with Crippen LogP contribution in [-0.2, 0) is 0 Å². The molecule has 0 radical (unpaired) electrons. The van der Waals surface area contributed by atoms with Crippen LogP contribution in [0.3, 0.4) is 0 Å². The lowest BCUT2D eigenvalue weighted by Gasteiger charge is -2.31. The third kappa shape index (κ3) is 3.05. The number of H-pyrrole nitrogens is 1. The lowest BCUT2D eigenvalue weighted by atomic mass is 9.95. The first-order valence-electron chi connectivity index (χ1n) is 8.33. The van der Waals surface area contributed by atoms with E-state index in [-0.39, 0.29) is 11.9 Å². The highest BCUT2D eigenvalue weighted by Gasteiger charge is 2.23. The summed E-state index contributed by atoms with van der Waals surface area (Å²) in [6.45, 7) is 0. The maximum atomic E-state index is 14.3. The van der Waals surface area contributed by atoms with Crippen LogP contribution in [0, 0.1) is 5.82 Å². The molecule has 0 unspecified atom stereocenters. The second kappa shape index (κ2) is 6.57. The second-order valence-electron chi connectivity index (χ2n) is 6.32. The maximum absolute atomic E-state index is 14.3. The highest BCUT2D eigenvalue weighted by atomic mass is 35.5. The third-order valence-corrected chi connectivity index (χ3v) is 4.88. The Labute approximate surface area is 149 Å². The summed E-state index contributed by atoms with van der Waals surface area (Å²) in [6.07, 6.45) is 9.76. The number of aromatic nitrogens is 4. The highest BCUT2D eigenvalue weighted by molar-refractivity contribution is 6.31. The quantitative estimate of drug-likeness (QED) is 0.548. The topological polar surface area (TPSA) is 83.7 Å². The second-order valence-corrected chi connectivity index (χ2v) is 6.75. The first-order valence-corrected chi connectivity index (χ1v) is 8.71. The SMILES string of the molecule is NN(c1nc(-c2c[nH]c3ncc(Cl)cc23)ncc1F)C1CCCCC1. The summed E-state index contributed by atoms with van der Waals surface area (Å²) in [7, 11) is 0. The lowest BCUT2D eigenvalue weighted by molar-refractivity contribution is 0.411. The fraction of sp³-hybridized carbons (Fsp3) is 0.353. The molecular formula is C17H18ClFN6. The zero-order valence-corrected chi connectivity index (χ0v) is 14.3. The largest absolute Gasteiger partial charge is 0.345 e. The van der Waals surface area contributed by atoms with Crippen LogP contribution in [0.4, 0.5) is 10.2 Å². The first-order chi connectivity index (χ1) is 12.1. The van der Waals surface area contributed by atoms with E-state index >= 15 is 0 Å². The molecule has 0 amide bonds. The van der Waals surface area contributed by atoms with Crippen LogP contribution in [0.5, 0.6) is 0 Å². The number of nitrogens with two attached hydrogens (primary N) is 1. The number of anilines is 1. The van der Waals surface area contributed by atoms with E-state index < -0.39 is 5.82 Å². The molecule has 3 heterocycles. The van der Waals surface area contributed by atoms with Gasteiger partial charge in [0, 0.05) is 29.4 Å². The van der Waals surface area contributed by atoms with Gasteiger partial charge in [0.15, 0.2) is 17.5 Å². The van der Waals surface area contributed by atoms with Crippen molar-refractivity contribution in [2.24, 2.45) is 5.84 Å². The normalized spacial score (nSPS) is 15.6. The van der Waals surface area contributed by atoms with Crippen molar-refractivity contribution in [3.8, 4) is 11.4 Å². The van der Waals surface area contributed by atoms with Crippen molar-refractivity contribution in [3.63, 3.8) is 0 Å². The third-order valence-electron chi connectivity index (χ3n) is 4.68. The minimum absolute atomic E-state index is 0.102. The van der Waals surface area contributed by atoms with Gasteiger partial charge in [0.05, 0.1) is 11.2 Å². The monoisotopic (exact) mass is 360 g/mol. The number of aromatic amines is 1. The van der Waals surface area contributed by atoms with E-state index in [2.05, 4.69) is 19.9 Å². The molecule has 3 N–H and O–H groups in total. The predicted molar refractivity (Wildman–Crippen MR) is 95.6 cm³/mol. The van der Waals surface area contributed by atoms with E-state index in [0.29, 0.717) is 22.1 Å². The first kappa shape index (κ1) is 16.2. The molecule has 0 aliphatic heterocycles. The van der Waals surface area contributed by atoms with Crippen molar-refractivity contribution < 1.29 is 4.39 Å². The van der Waals surface area contributed by atoms with Gasteiger partial charge in [-0.15, -0.1) is 0 Å². The zero-order valence-electron chi connectivity index (χ0n) is 13.5. The van der Waals surface area contributed by atoms with Crippen LogP contribution >= 0.6 is 11.6 Å². The van der Waals surface area contributed by atoms with Crippen molar-refractivity contribution in [2.75, 3.05) is 5.01 Å². The molecule has 6 nitrogen and oxygen atoms in total. The van der Waals surface area contributed by atoms with Crippen LogP contribution in [0.15, 0.2) is 24.7 Å². The van der Waals surface area contributed by atoms with Crippen LogP contribution < -0.4 is 10.9 Å². The van der Waals surface area contributed by atoms with E-state index in [4.69, 9.17) is 17.4 Å². The van der Waals surface area contributed by atoms with Crippen LogP contribution in [0.25, 0.3) is 22.4 Å². The summed E-state index contributed by atoms with van der Waals surface area (Å²) in [5, 5.41) is 2.75. The van der Waals surface area contributed by atoms with Gasteiger partial charge in [0.2, 0.25) is 0 Å². The fourth-order valence-corrected chi connectivity index (χ4v) is 3.52. The van der Waals surface area contributed by atoms with E-state index in [1.807, 2.05) is 0 Å². The van der Waals surface area contributed by atoms with Crippen molar-refractivity contribution in [2.45, 2.75) is 38.1 Å². The smallest absolute Gasteiger partial charge is 0.185 e. The summed E-state index contributed by atoms with van der Waals surface area (Å²) >= 11 is 6.04. The lowest BCUT2D eigenvalue weighted by Crippen LogP contribution is -2.43. The number of hydrogen-bond acceptors (Lipinski definition) is 5. The van der Waals surface area contributed by atoms with Crippen LogP contribution in [-0.4, -0.2) is 26.0 Å². The summed E-state index contributed by atoms with van der Waals surface area (Å²) < 4.78 is 14.3. The molecule has 4 rings (SSSR count). The van der Waals surface area contributed by atoms with Gasteiger partial charge in [-0.3, -0.25) is 5.01 Å². The molecule has 130 valence electrons. The van der Waals surface area contributed by atoms with Gasteiger partial charge in [0.1, 0.15) is 5.65 Å². The maximum Gasteiger partial charge on any atom is 0.185 e. The number of nitrogens with zero attached hydrogens (tertiary/aromatic N) is 4. The van der Waals surface area contributed by atoms with Gasteiger partial charge in [0.25, 0.3) is 0 Å². The van der Waals surface area contributed by atoms with Crippen LogP contribution in [0.1, 0.15) is 32.1 Å². The fourth-order valence-electron chi connectivity index (χ4n) is 3.36. The Balaban J connectivity index is 1.74. The Kier molecular flexibility index (Phi) is 4.27. The van der Waals surface area contributed by atoms with Crippen molar-refractivity contribution in [3.05, 3.63) is 35.5 Å². The van der Waals surface area contributed by atoms with Gasteiger partial charge in [-0.25, -0.2) is 25.2 Å².